The Morgan fingerprint density at radius 1 is 1.13 bits per heavy atom. The fraction of sp³-hybridized carbons (Fsp3) is 0.0909. The zero-order valence-corrected chi connectivity index (χ0v) is 8.38. The van der Waals surface area contributed by atoms with Crippen LogP contribution in [-0.2, 0) is 0 Å². The molecule has 1 aromatic heterocycles. The average molecular weight is 198 g/mol. The topological polar surface area (TPSA) is 50.5 Å². The van der Waals surface area contributed by atoms with Crippen molar-refractivity contribution in [3.8, 4) is 0 Å². The van der Waals surface area contributed by atoms with Crippen LogP contribution in [0.2, 0.25) is 0 Å². The summed E-state index contributed by atoms with van der Waals surface area (Å²) in [6, 6.07) is 3.68. The van der Waals surface area contributed by atoms with Gasteiger partial charge in [-0.3, -0.25) is 20.0 Å². The summed E-state index contributed by atoms with van der Waals surface area (Å²) in [5, 5.41) is 0. The van der Waals surface area contributed by atoms with E-state index < -0.39 is 0 Å². The van der Waals surface area contributed by atoms with Crippen LogP contribution < -0.4 is 0 Å². The fourth-order valence-electron chi connectivity index (χ4n) is 1.36. The molecule has 0 unspecified atom stereocenters. The first-order chi connectivity index (χ1) is 7.35. The first kappa shape index (κ1) is 9.45. The van der Waals surface area contributed by atoms with Crippen molar-refractivity contribution >= 4 is 35.3 Å². The van der Waals surface area contributed by atoms with Crippen molar-refractivity contribution in [3.05, 3.63) is 24.5 Å². The second-order valence-electron chi connectivity index (χ2n) is 2.93. The van der Waals surface area contributed by atoms with Crippen LogP contribution >= 0.6 is 0 Å². The molecule has 0 bridgehead atoms. The molecule has 4 nitrogen and oxygen atoms in total. The van der Waals surface area contributed by atoms with Crippen molar-refractivity contribution in [2.75, 3.05) is 0 Å². The molecule has 2 rings (SSSR count). The predicted octanol–water partition coefficient (Wildman–Crippen LogP) is 2.68. The van der Waals surface area contributed by atoms with Gasteiger partial charge in [-0.1, -0.05) is 0 Å². The number of fused-ring (bicyclic) bond motifs is 1. The molecule has 1 heterocycles. The Hall–Kier alpha value is -2.10. The Balaban J connectivity index is 2.74. The number of rotatable bonds is 2. The van der Waals surface area contributed by atoms with E-state index >= 15 is 0 Å². The number of aromatic nitrogens is 2. The van der Waals surface area contributed by atoms with Gasteiger partial charge in [0.2, 0.25) is 0 Å². The molecule has 74 valence electrons. The monoisotopic (exact) mass is 198 g/mol. The van der Waals surface area contributed by atoms with Crippen LogP contribution in [0.5, 0.6) is 0 Å². The lowest BCUT2D eigenvalue weighted by molar-refractivity contribution is 1.29. The van der Waals surface area contributed by atoms with E-state index in [9.17, 15) is 0 Å². The van der Waals surface area contributed by atoms with Gasteiger partial charge in [-0.2, -0.15) is 0 Å². The molecule has 0 aliphatic rings. The van der Waals surface area contributed by atoms with E-state index in [1.54, 1.807) is 18.6 Å². The summed E-state index contributed by atoms with van der Waals surface area (Å²) in [6.45, 7) is 5.36. The summed E-state index contributed by atoms with van der Waals surface area (Å²) in [4.78, 5) is 16.5. The van der Waals surface area contributed by atoms with E-state index in [0.29, 0.717) is 0 Å². The minimum absolute atomic E-state index is 0.723. The molecule has 0 amide bonds. The molecule has 2 aromatic rings. The quantitative estimate of drug-likeness (QED) is 0.696. The summed E-state index contributed by atoms with van der Waals surface area (Å²) in [5.74, 6) is 0. The lowest BCUT2D eigenvalue weighted by Crippen LogP contribution is -1.81. The van der Waals surface area contributed by atoms with E-state index in [1.165, 1.54) is 0 Å². The molecule has 0 aliphatic heterocycles. The van der Waals surface area contributed by atoms with Gasteiger partial charge < -0.3 is 0 Å². The molecule has 0 spiro atoms. The molecule has 0 N–H and O–H groups in total. The Labute approximate surface area is 87.4 Å². The van der Waals surface area contributed by atoms with Crippen LogP contribution in [0.25, 0.3) is 11.0 Å². The van der Waals surface area contributed by atoms with E-state index in [2.05, 4.69) is 26.7 Å². The van der Waals surface area contributed by atoms with Gasteiger partial charge >= 0.3 is 0 Å². The average Bonchev–Trinajstić information content (AvgIpc) is 2.28. The minimum atomic E-state index is 0.723. The standard InChI is InChI=1S/C11H10N4/c1-3-13-9-7-11-10(6-8(9)12-2)14-4-5-15-11/h3-7H,2H2,1H3. The van der Waals surface area contributed by atoms with Crippen molar-refractivity contribution in [2.45, 2.75) is 6.92 Å². The first-order valence-electron chi connectivity index (χ1n) is 4.55. The Bertz CT molecular complexity index is 531. The summed E-state index contributed by atoms with van der Waals surface area (Å²) < 4.78 is 0. The van der Waals surface area contributed by atoms with Crippen LogP contribution in [0.4, 0.5) is 11.4 Å². The number of hydrogen-bond acceptors (Lipinski definition) is 4. The molecule has 15 heavy (non-hydrogen) atoms. The van der Waals surface area contributed by atoms with Crippen LogP contribution in [-0.4, -0.2) is 22.9 Å². The van der Waals surface area contributed by atoms with Crippen molar-refractivity contribution in [1.82, 2.24) is 9.97 Å². The Morgan fingerprint density at radius 2 is 1.73 bits per heavy atom. The maximum atomic E-state index is 4.20. The van der Waals surface area contributed by atoms with Gasteiger partial charge in [0.1, 0.15) is 0 Å². The van der Waals surface area contributed by atoms with Gasteiger partial charge in [0.15, 0.2) is 0 Å². The summed E-state index contributed by atoms with van der Waals surface area (Å²) in [7, 11) is 0. The van der Waals surface area contributed by atoms with E-state index in [-0.39, 0.29) is 0 Å². The Kier molecular flexibility index (Phi) is 2.49. The van der Waals surface area contributed by atoms with Gasteiger partial charge in [0.25, 0.3) is 0 Å². The van der Waals surface area contributed by atoms with Gasteiger partial charge in [-0.15, -0.1) is 0 Å². The maximum Gasteiger partial charge on any atom is 0.0909 e. The largest absolute Gasteiger partial charge is 0.262 e. The first-order valence-corrected chi connectivity index (χ1v) is 4.55. The molecule has 4 heteroatoms. The van der Waals surface area contributed by atoms with Crippen LogP contribution in [0.15, 0.2) is 34.5 Å². The third-order valence-corrected chi connectivity index (χ3v) is 2.00. The SMILES string of the molecule is C=Nc1cc2nccnc2cc1N=CC. The molecule has 0 fully saturated rings. The number of aliphatic imine (C=N–C) groups is 2. The highest BCUT2D eigenvalue weighted by Crippen LogP contribution is 2.30. The van der Waals surface area contributed by atoms with E-state index in [4.69, 9.17) is 0 Å². The minimum Gasteiger partial charge on any atom is -0.262 e. The van der Waals surface area contributed by atoms with Gasteiger partial charge in [0.05, 0.1) is 22.4 Å². The number of nitrogens with zero attached hydrogens (tertiary/aromatic N) is 4. The second-order valence-corrected chi connectivity index (χ2v) is 2.93. The molecular weight excluding hydrogens is 188 g/mol. The highest BCUT2D eigenvalue weighted by Gasteiger charge is 2.03. The maximum absolute atomic E-state index is 4.20. The zero-order valence-electron chi connectivity index (χ0n) is 8.38. The predicted molar refractivity (Wildman–Crippen MR) is 62.6 cm³/mol. The van der Waals surface area contributed by atoms with E-state index in [0.717, 1.165) is 22.4 Å². The van der Waals surface area contributed by atoms with Crippen molar-refractivity contribution in [1.29, 1.82) is 0 Å². The Morgan fingerprint density at radius 3 is 2.27 bits per heavy atom. The van der Waals surface area contributed by atoms with Crippen molar-refractivity contribution < 1.29 is 0 Å². The lowest BCUT2D eigenvalue weighted by atomic mass is 10.2. The third-order valence-electron chi connectivity index (χ3n) is 2.00. The molecule has 0 saturated carbocycles. The fourth-order valence-corrected chi connectivity index (χ4v) is 1.36. The molecule has 1 aromatic carbocycles. The van der Waals surface area contributed by atoms with Gasteiger partial charge in [-0.25, -0.2) is 0 Å². The normalized spacial score (nSPS) is 11.0. The summed E-state index contributed by atoms with van der Waals surface area (Å²) in [6.07, 6.45) is 5.02. The third kappa shape index (κ3) is 1.74. The van der Waals surface area contributed by atoms with Gasteiger partial charge in [-0.05, 0) is 25.8 Å². The number of hydrogen-bond donors (Lipinski definition) is 0. The van der Waals surface area contributed by atoms with Crippen LogP contribution in [0.1, 0.15) is 6.92 Å². The summed E-state index contributed by atoms with van der Waals surface area (Å²) >= 11 is 0. The molecule has 0 atom stereocenters. The van der Waals surface area contributed by atoms with Crippen molar-refractivity contribution in [2.24, 2.45) is 9.98 Å². The highest BCUT2D eigenvalue weighted by molar-refractivity contribution is 5.86. The molecular formula is C11H10N4. The molecule has 0 saturated heterocycles. The zero-order chi connectivity index (χ0) is 10.7. The van der Waals surface area contributed by atoms with Crippen molar-refractivity contribution in [3.63, 3.8) is 0 Å². The van der Waals surface area contributed by atoms with E-state index in [1.807, 2.05) is 19.1 Å². The lowest BCUT2D eigenvalue weighted by Gasteiger charge is -2.01. The number of benzene rings is 1. The second kappa shape index (κ2) is 3.96. The molecule has 0 aliphatic carbocycles. The molecule has 0 radical (unpaired) electrons. The summed E-state index contributed by atoms with van der Waals surface area (Å²) in [5.41, 5.74) is 3.10. The van der Waals surface area contributed by atoms with Crippen LogP contribution in [0, 0.1) is 0 Å². The highest BCUT2D eigenvalue weighted by atomic mass is 14.8. The smallest absolute Gasteiger partial charge is 0.0909 e. The van der Waals surface area contributed by atoms with Gasteiger partial charge in [0, 0.05) is 18.6 Å². The van der Waals surface area contributed by atoms with Crippen LogP contribution in [0.3, 0.4) is 0 Å².